The van der Waals surface area contributed by atoms with Crippen molar-refractivity contribution >= 4 is 11.8 Å². The molecule has 0 aliphatic heterocycles. The van der Waals surface area contributed by atoms with Gasteiger partial charge in [-0.2, -0.15) is 0 Å². The van der Waals surface area contributed by atoms with Gasteiger partial charge >= 0.3 is 5.97 Å². The predicted molar refractivity (Wildman–Crippen MR) is 129 cm³/mol. The summed E-state index contributed by atoms with van der Waals surface area (Å²) in [6.45, 7) is 11.7. The molecule has 9 atom stereocenters. The number of rotatable bonds is 7. The van der Waals surface area contributed by atoms with Crippen LogP contribution in [0.1, 0.15) is 112 Å². The molecule has 0 bridgehead atoms. The Labute approximate surface area is 196 Å². The predicted octanol–water partition coefficient (Wildman–Crippen LogP) is 7.38. The molecule has 32 heavy (non-hydrogen) atoms. The van der Waals surface area contributed by atoms with Crippen LogP contribution in [0, 0.1) is 58.2 Å². The molecule has 0 unspecified atom stereocenters. The third-order valence-electron chi connectivity index (χ3n) is 11.5. The lowest BCUT2D eigenvalue weighted by Crippen LogP contribution is -2.53. The van der Waals surface area contributed by atoms with Gasteiger partial charge in [-0.1, -0.05) is 34.6 Å². The molecule has 0 amide bonds. The fourth-order valence-electron chi connectivity index (χ4n) is 9.61. The van der Waals surface area contributed by atoms with Gasteiger partial charge in [0.1, 0.15) is 5.78 Å². The first-order valence-corrected chi connectivity index (χ1v) is 13.8. The van der Waals surface area contributed by atoms with Crippen molar-refractivity contribution < 1.29 is 14.7 Å². The van der Waals surface area contributed by atoms with Crippen molar-refractivity contribution in [2.75, 3.05) is 0 Å². The van der Waals surface area contributed by atoms with Crippen molar-refractivity contribution in [1.29, 1.82) is 0 Å². The Hall–Kier alpha value is -0.860. The average molecular weight is 445 g/mol. The molecule has 4 aliphatic rings. The molecule has 0 radical (unpaired) electrons. The van der Waals surface area contributed by atoms with Gasteiger partial charge in [0.15, 0.2) is 0 Å². The molecule has 3 nitrogen and oxygen atoms in total. The number of fused-ring (bicyclic) bond motifs is 5. The zero-order valence-electron chi connectivity index (χ0n) is 21.4. The van der Waals surface area contributed by atoms with Gasteiger partial charge in [0.2, 0.25) is 0 Å². The van der Waals surface area contributed by atoms with Gasteiger partial charge < -0.3 is 5.11 Å². The second-order valence-electron chi connectivity index (χ2n) is 13.3. The number of carbonyl (C=O) groups excluding carboxylic acids is 1. The molecule has 4 saturated carbocycles. The smallest absolute Gasteiger partial charge is 0.303 e. The van der Waals surface area contributed by atoms with E-state index in [1.54, 1.807) is 0 Å². The third-order valence-corrected chi connectivity index (χ3v) is 11.5. The number of hydrogen-bond donors (Lipinski definition) is 1. The summed E-state index contributed by atoms with van der Waals surface area (Å²) < 4.78 is 0. The van der Waals surface area contributed by atoms with E-state index in [0.29, 0.717) is 34.9 Å². The molecule has 1 N–H and O–H groups in total. The van der Waals surface area contributed by atoms with E-state index >= 15 is 0 Å². The number of ketones is 1. The molecule has 182 valence electrons. The molecular weight excluding hydrogens is 396 g/mol. The fraction of sp³-hybridized carbons (Fsp3) is 0.931. The van der Waals surface area contributed by atoms with Gasteiger partial charge in [-0.25, -0.2) is 0 Å². The van der Waals surface area contributed by atoms with Crippen LogP contribution in [0.3, 0.4) is 0 Å². The van der Waals surface area contributed by atoms with Crippen LogP contribution < -0.4 is 0 Å². The highest BCUT2D eigenvalue weighted by atomic mass is 16.4. The quantitative estimate of drug-likeness (QED) is 0.446. The summed E-state index contributed by atoms with van der Waals surface area (Å²) in [4.78, 5) is 23.5. The van der Waals surface area contributed by atoms with E-state index < -0.39 is 5.97 Å². The largest absolute Gasteiger partial charge is 0.481 e. The minimum atomic E-state index is -0.609. The van der Waals surface area contributed by atoms with Crippen LogP contribution in [-0.2, 0) is 9.59 Å². The molecule has 0 spiro atoms. The SMILES string of the molecule is CC(C)C(=O)CC[C@@H](C)[C@H]1CC[C@H]2[C@@H]3CC[C@H]4C[C@@H](CC(=O)O)CC[C@]4(C)[C@H]3CC[C@]12C. The minimum absolute atomic E-state index is 0.172. The Balaban J connectivity index is 1.44. The molecule has 0 aromatic heterocycles. The van der Waals surface area contributed by atoms with Crippen molar-refractivity contribution in [3.8, 4) is 0 Å². The van der Waals surface area contributed by atoms with Crippen LogP contribution in [0.5, 0.6) is 0 Å². The second kappa shape index (κ2) is 9.06. The Morgan fingerprint density at radius 1 is 0.906 bits per heavy atom. The van der Waals surface area contributed by atoms with Crippen LogP contribution >= 0.6 is 0 Å². The van der Waals surface area contributed by atoms with E-state index in [2.05, 4.69) is 20.8 Å². The molecule has 4 aliphatic carbocycles. The maximum atomic E-state index is 12.2. The lowest BCUT2D eigenvalue weighted by Gasteiger charge is -2.61. The standard InChI is InChI=1S/C29H48O3/c1-18(2)26(30)11-6-19(3)23-9-10-24-22-8-7-21-16-20(17-27(31)32)12-14-28(21,4)25(22)13-15-29(23,24)5/h18-25H,6-17H2,1-5H3,(H,31,32)/t19-,20+,21+,22+,23-,24+,25+,28+,29-/m1/s1. The molecule has 4 fully saturated rings. The summed E-state index contributed by atoms with van der Waals surface area (Å²) >= 11 is 0. The third kappa shape index (κ3) is 4.20. The van der Waals surface area contributed by atoms with Crippen LogP contribution in [0.4, 0.5) is 0 Å². The zero-order valence-corrected chi connectivity index (χ0v) is 21.4. The normalized spacial score (nSPS) is 44.4. The average Bonchev–Trinajstić information content (AvgIpc) is 3.08. The molecule has 0 heterocycles. The molecule has 0 aromatic carbocycles. The van der Waals surface area contributed by atoms with Crippen LogP contribution in [-0.4, -0.2) is 16.9 Å². The Morgan fingerprint density at radius 2 is 1.59 bits per heavy atom. The van der Waals surface area contributed by atoms with Gasteiger partial charge in [0.25, 0.3) is 0 Å². The first-order chi connectivity index (χ1) is 15.1. The van der Waals surface area contributed by atoms with Crippen LogP contribution in [0.25, 0.3) is 0 Å². The Kier molecular flexibility index (Phi) is 6.87. The summed E-state index contributed by atoms with van der Waals surface area (Å²) in [5.74, 6) is 5.17. The number of aliphatic carboxylic acids is 1. The summed E-state index contributed by atoms with van der Waals surface area (Å²) in [6.07, 6.45) is 13.9. The van der Waals surface area contributed by atoms with Gasteiger partial charge in [-0.3, -0.25) is 9.59 Å². The lowest BCUT2D eigenvalue weighted by atomic mass is 9.44. The summed E-state index contributed by atoms with van der Waals surface area (Å²) in [7, 11) is 0. The molecule has 0 aromatic rings. The molecule has 3 heteroatoms. The van der Waals surface area contributed by atoms with E-state index in [9.17, 15) is 14.7 Å². The summed E-state index contributed by atoms with van der Waals surface area (Å²) in [5.41, 5.74) is 0.901. The van der Waals surface area contributed by atoms with Crippen molar-refractivity contribution in [3.05, 3.63) is 0 Å². The molecule has 4 rings (SSSR count). The van der Waals surface area contributed by atoms with Gasteiger partial charge in [0.05, 0.1) is 0 Å². The number of hydrogen-bond acceptors (Lipinski definition) is 2. The van der Waals surface area contributed by atoms with E-state index in [1.165, 1.54) is 44.9 Å². The van der Waals surface area contributed by atoms with Crippen LogP contribution in [0.15, 0.2) is 0 Å². The van der Waals surface area contributed by atoms with Crippen molar-refractivity contribution in [2.45, 2.75) is 112 Å². The fourth-order valence-corrected chi connectivity index (χ4v) is 9.61. The monoisotopic (exact) mass is 444 g/mol. The highest BCUT2D eigenvalue weighted by Gasteiger charge is 2.60. The van der Waals surface area contributed by atoms with E-state index in [-0.39, 0.29) is 5.92 Å². The Morgan fingerprint density at radius 3 is 2.28 bits per heavy atom. The van der Waals surface area contributed by atoms with Crippen molar-refractivity contribution in [3.63, 3.8) is 0 Å². The van der Waals surface area contributed by atoms with Gasteiger partial charge in [0, 0.05) is 18.8 Å². The van der Waals surface area contributed by atoms with E-state index in [4.69, 9.17) is 0 Å². The topological polar surface area (TPSA) is 54.4 Å². The van der Waals surface area contributed by atoms with Crippen molar-refractivity contribution in [1.82, 2.24) is 0 Å². The van der Waals surface area contributed by atoms with Crippen LogP contribution in [0.2, 0.25) is 0 Å². The first kappa shape index (κ1) is 24.3. The summed E-state index contributed by atoms with van der Waals surface area (Å²) in [5, 5.41) is 9.29. The number of carbonyl (C=O) groups is 2. The second-order valence-corrected chi connectivity index (χ2v) is 13.3. The maximum Gasteiger partial charge on any atom is 0.303 e. The van der Waals surface area contributed by atoms with E-state index in [1.807, 2.05) is 13.8 Å². The van der Waals surface area contributed by atoms with Gasteiger partial charge in [-0.15, -0.1) is 0 Å². The highest BCUT2D eigenvalue weighted by molar-refractivity contribution is 5.80. The number of carboxylic acid groups (broad SMARTS) is 1. The number of Topliss-reactive ketones (excluding diaryl/α,β-unsaturated/α-hetero) is 1. The van der Waals surface area contributed by atoms with Gasteiger partial charge in [-0.05, 0) is 116 Å². The first-order valence-electron chi connectivity index (χ1n) is 13.8. The lowest BCUT2D eigenvalue weighted by molar-refractivity contribution is -0.142. The maximum absolute atomic E-state index is 12.2. The highest BCUT2D eigenvalue weighted by Crippen LogP contribution is 2.68. The summed E-state index contributed by atoms with van der Waals surface area (Å²) in [6, 6.07) is 0. The van der Waals surface area contributed by atoms with Crippen molar-refractivity contribution in [2.24, 2.45) is 58.2 Å². The zero-order chi connectivity index (χ0) is 23.3. The van der Waals surface area contributed by atoms with E-state index in [0.717, 1.165) is 55.3 Å². The Bertz CT molecular complexity index is 713. The molecular formula is C29H48O3. The minimum Gasteiger partial charge on any atom is -0.481 e. The number of carboxylic acids is 1. The molecule has 0 saturated heterocycles.